The predicted molar refractivity (Wildman–Crippen MR) is 114 cm³/mol. The van der Waals surface area contributed by atoms with Gasteiger partial charge in [0, 0.05) is 24.1 Å². The molecule has 3 N–H and O–H groups in total. The van der Waals surface area contributed by atoms with Gasteiger partial charge in [0.2, 0.25) is 0 Å². The van der Waals surface area contributed by atoms with Crippen molar-refractivity contribution in [1.82, 2.24) is 10.4 Å². The van der Waals surface area contributed by atoms with E-state index >= 15 is 0 Å². The lowest BCUT2D eigenvalue weighted by Gasteiger charge is -2.24. The molecule has 1 aliphatic rings. The minimum absolute atomic E-state index is 0.147. The summed E-state index contributed by atoms with van der Waals surface area (Å²) in [7, 11) is 0. The van der Waals surface area contributed by atoms with E-state index in [-0.39, 0.29) is 12.5 Å². The van der Waals surface area contributed by atoms with E-state index in [1.807, 2.05) is 30.3 Å². The summed E-state index contributed by atoms with van der Waals surface area (Å²) in [6.45, 7) is 3.32. The van der Waals surface area contributed by atoms with Gasteiger partial charge in [-0.2, -0.15) is 5.10 Å². The average Bonchev–Trinajstić information content (AvgIpc) is 3.15. The molecule has 1 fully saturated rings. The summed E-state index contributed by atoms with van der Waals surface area (Å²) in [5.41, 5.74) is 6.06. The molecule has 1 amide bonds. The molecular weight excluding hydrogens is 370 g/mol. The Labute approximate surface area is 168 Å². The van der Waals surface area contributed by atoms with E-state index < -0.39 is 0 Å². The number of thiazole rings is 1. The molecule has 2 heterocycles. The van der Waals surface area contributed by atoms with Crippen molar-refractivity contribution < 1.29 is 9.69 Å². The van der Waals surface area contributed by atoms with E-state index in [4.69, 9.17) is 0 Å². The first kappa shape index (κ1) is 18.6. The number of anilines is 1. The van der Waals surface area contributed by atoms with Crippen molar-refractivity contribution in [2.24, 2.45) is 5.10 Å². The maximum Gasteiger partial charge on any atom is 0.259 e. The molecule has 1 aliphatic heterocycles. The molecular formula is C21H24N5OS+. The SMILES string of the molecule is O=C(CNc1nc2ccccc2s1)NN=C1CC[NH+](Cc2ccccc2)CC1. The summed E-state index contributed by atoms with van der Waals surface area (Å²) in [4.78, 5) is 18.1. The third kappa shape index (κ3) is 4.94. The molecule has 7 heteroatoms. The summed E-state index contributed by atoms with van der Waals surface area (Å²) in [5, 5.41) is 8.16. The first-order chi connectivity index (χ1) is 13.8. The quantitative estimate of drug-likeness (QED) is 0.561. The topological polar surface area (TPSA) is 70.8 Å². The number of quaternary nitrogens is 1. The lowest BCUT2D eigenvalue weighted by atomic mass is 10.1. The summed E-state index contributed by atoms with van der Waals surface area (Å²) in [6, 6.07) is 18.5. The highest BCUT2D eigenvalue weighted by molar-refractivity contribution is 7.22. The van der Waals surface area contributed by atoms with Crippen LogP contribution in [-0.2, 0) is 11.3 Å². The number of carbonyl (C=O) groups is 1. The normalized spacial score (nSPS) is 16.7. The summed E-state index contributed by atoms with van der Waals surface area (Å²) < 4.78 is 1.11. The van der Waals surface area contributed by atoms with Crippen molar-refractivity contribution in [3.63, 3.8) is 0 Å². The van der Waals surface area contributed by atoms with Crippen LogP contribution in [0.1, 0.15) is 18.4 Å². The summed E-state index contributed by atoms with van der Waals surface area (Å²) >= 11 is 1.55. The van der Waals surface area contributed by atoms with Gasteiger partial charge in [-0.15, -0.1) is 0 Å². The van der Waals surface area contributed by atoms with Crippen molar-refractivity contribution in [2.75, 3.05) is 25.0 Å². The zero-order valence-corrected chi connectivity index (χ0v) is 16.5. The number of piperidine rings is 1. The first-order valence-corrected chi connectivity index (χ1v) is 10.4. The van der Waals surface area contributed by atoms with Crippen molar-refractivity contribution >= 4 is 38.3 Å². The highest BCUT2D eigenvalue weighted by atomic mass is 32.1. The lowest BCUT2D eigenvalue weighted by Crippen LogP contribution is -3.11. The second kappa shape index (κ2) is 8.95. The second-order valence-electron chi connectivity index (χ2n) is 6.97. The minimum atomic E-state index is -0.147. The van der Waals surface area contributed by atoms with Crippen LogP contribution in [0, 0.1) is 0 Å². The fourth-order valence-corrected chi connectivity index (χ4v) is 4.21. The number of hydrogen-bond acceptors (Lipinski definition) is 5. The van der Waals surface area contributed by atoms with Gasteiger partial charge in [-0.1, -0.05) is 53.8 Å². The zero-order chi connectivity index (χ0) is 19.2. The molecule has 1 saturated heterocycles. The number of para-hydroxylation sites is 1. The first-order valence-electron chi connectivity index (χ1n) is 9.57. The van der Waals surface area contributed by atoms with Crippen LogP contribution >= 0.6 is 11.3 Å². The van der Waals surface area contributed by atoms with Crippen LogP contribution in [0.25, 0.3) is 10.2 Å². The Kier molecular flexibility index (Phi) is 5.94. The monoisotopic (exact) mass is 394 g/mol. The van der Waals surface area contributed by atoms with E-state index in [0.717, 1.165) is 53.5 Å². The predicted octanol–water partition coefficient (Wildman–Crippen LogP) is 2.06. The third-order valence-electron chi connectivity index (χ3n) is 4.86. The molecule has 144 valence electrons. The Hall–Kier alpha value is -2.77. The molecule has 0 atom stereocenters. The Morgan fingerprint density at radius 3 is 2.61 bits per heavy atom. The van der Waals surface area contributed by atoms with E-state index in [1.54, 1.807) is 16.2 Å². The van der Waals surface area contributed by atoms with Gasteiger partial charge in [0.25, 0.3) is 5.91 Å². The van der Waals surface area contributed by atoms with Gasteiger partial charge in [-0.25, -0.2) is 10.4 Å². The summed E-state index contributed by atoms with van der Waals surface area (Å²) in [5.74, 6) is -0.147. The molecule has 28 heavy (non-hydrogen) atoms. The van der Waals surface area contributed by atoms with Crippen LogP contribution in [0.4, 0.5) is 5.13 Å². The number of carbonyl (C=O) groups excluding carboxylic acids is 1. The summed E-state index contributed by atoms with van der Waals surface area (Å²) in [6.07, 6.45) is 1.85. The number of amides is 1. The van der Waals surface area contributed by atoms with E-state index in [0.29, 0.717) is 0 Å². The number of hydrazone groups is 1. The maximum absolute atomic E-state index is 12.1. The standard InChI is InChI=1S/C21H23N5OS/c27-20(14-22-21-23-18-8-4-5-9-19(18)28-21)25-24-17-10-12-26(13-11-17)15-16-6-2-1-3-7-16/h1-9H,10-15H2,(H,22,23)(H,25,27)/p+1. The molecule has 0 unspecified atom stereocenters. The minimum Gasteiger partial charge on any atom is -0.352 e. The number of fused-ring (bicyclic) bond motifs is 1. The highest BCUT2D eigenvalue weighted by Gasteiger charge is 2.18. The number of rotatable bonds is 6. The van der Waals surface area contributed by atoms with Gasteiger partial charge in [-0.3, -0.25) is 4.79 Å². The van der Waals surface area contributed by atoms with Crippen LogP contribution in [-0.4, -0.2) is 36.2 Å². The Morgan fingerprint density at radius 1 is 1.07 bits per heavy atom. The van der Waals surface area contributed by atoms with E-state index in [9.17, 15) is 4.79 Å². The molecule has 4 rings (SSSR count). The number of aromatic nitrogens is 1. The fraction of sp³-hybridized carbons (Fsp3) is 0.286. The zero-order valence-electron chi connectivity index (χ0n) is 15.6. The van der Waals surface area contributed by atoms with Crippen molar-refractivity contribution in [1.29, 1.82) is 0 Å². The third-order valence-corrected chi connectivity index (χ3v) is 5.86. The lowest BCUT2D eigenvalue weighted by molar-refractivity contribution is -0.914. The van der Waals surface area contributed by atoms with Crippen LogP contribution in [0.2, 0.25) is 0 Å². The Bertz CT molecular complexity index is 926. The Morgan fingerprint density at radius 2 is 1.82 bits per heavy atom. The molecule has 0 spiro atoms. The number of hydrogen-bond donors (Lipinski definition) is 3. The number of nitrogens with one attached hydrogen (secondary N) is 3. The molecule has 1 aromatic heterocycles. The van der Waals surface area contributed by atoms with E-state index in [2.05, 4.69) is 45.1 Å². The van der Waals surface area contributed by atoms with Crippen molar-refractivity contribution in [3.05, 3.63) is 60.2 Å². The molecule has 3 aromatic rings. The Balaban J connectivity index is 1.20. The van der Waals surface area contributed by atoms with Gasteiger partial charge in [0.1, 0.15) is 6.54 Å². The fourth-order valence-electron chi connectivity index (χ4n) is 3.35. The number of benzene rings is 2. The van der Waals surface area contributed by atoms with Crippen LogP contribution < -0.4 is 15.6 Å². The molecule has 0 bridgehead atoms. The van der Waals surface area contributed by atoms with Gasteiger partial charge < -0.3 is 10.2 Å². The van der Waals surface area contributed by atoms with Crippen LogP contribution in [0.3, 0.4) is 0 Å². The molecule has 0 radical (unpaired) electrons. The van der Waals surface area contributed by atoms with Gasteiger partial charge >= 0.3 is 0 Å². The molecule has 0 saturated carbocycles. The van der Waals surface area contributed by atoms with Crippen LogP contribution in [0.5, 0.6) is 0 Å². The molecule has 2 aromatic carbocycles. The smallest absolute Gasteiger partial charge is 0.259 e. The van der Waals surface area contributed by atoms with E-state index in [1.165, 1.54) is 5.56 Å². The highest BCUT2D eigenvalue weighted by Crippen LogP contribution is 2.24. The average molecular weight is 395 g/mol. The number of likely N-dealkylation sites (tertiary alicyclic amines) is 1. The molecule has 0 aliphatic carbocycles. The van der Waals surface area contributed by atoms with Gasteiger partial charge in [0.05, 0.1) is 29.9 Å². The van der Waals surface area contributed by atoms with Gasteiger partial charge in [-0.05, 0) is 12.1 Å². The van der Waals surface area contributed by atoms with Gasteiger partial charge in [0.15, 0.2) is 5.13 Å². The van der Waals surface area contributed by atoms with Crippen LogP contribution in [0.15, 0.2) is 59.7 Å². The van der Waals surface area contributed by atoms with Crippen molar-refractivity contribution in [3.8, 4) is 0 Å². The second-order valence-corrected chi connectivity index (χ2v) is 8.00. The number of nitrogens with zero attached hydrogens (tertiary/aromatic N) is 2. The maximum atomic E-state index is 12.1. The van der Waals surface area contributed by atoms with Crippen molar-refractivity contribution in [2.45, 2.75) is 19.4 Å². The largest absolute Gasteiger partial charge is 0.352 e. The molecule has 6 nitrogen and oxygen atoms in total.